The van der Waals surface area contributed by atoms with Gasteiger partial charge in [-0.2, -0.15) is 0 Å². The van der Waals surface area contributed by atoms with Gasteiger partial charge in [0.1, 0.15) is 5.50 Å². The summed E-state index contributed by atoms with van der Waals surface area (Å²) in [6.45, 7) is 6.28. The van der Waals surface area contributed by atoms with Crippen LogP contribution >= 0.6 is 24.0 Å². The van der Waals surface area contributed by atoms with Gasteiger partial charge in [-0.15, -0.1) is 12.4 Å². The Labute approximate surface area is 97.3 Å². The van der Waals surface area contributed by atoms with Crippen LogP contribution in [0, 0.1) is 13.8 Å². The molecule has 0 spiro atoms. The molecule has 1 unspecified atom stereocenters. The topological polar surface area (TPSA) is 12.0 Å². The number of nitrogens with one attached hydrogen (secondary N) is 1. The summed E-state index contributed by atoms with van der Waals surface area (Å²) >= 11 is 6.01. The molecule has 1 rings (SSSR count). The van der Waals surface area contributed by atoms with E-state index in [4.69, 9.17) is 11.6 Å². The van der Waals surface area contributed by atoms with Crippen molar-refractivity contribution in [1.82, 2.24) is 0 Å². The Morgan fingerprint density at radius 3 is 2.57 bits per heavy atom. The largest absolute Gasteiger partial charge is 0.369 e. The average Bonchev–Trinajstić information content (AvgIpc) is 2.13. The van der Waals surface area contributed by atoms with Crippen molar-refractivity contribution < 1.29 is 0 Å². The van der Waals surface area contributed by atoms with Gasteiger partial charge in [-0.3, -0.25) is 0 Å². The summed E-state index contributed by atoms with van der Waals surface area (Å²) in [6, 6.07) is 6.22. The second-order valence-corrected chi connectivity index (χ2v) is 3.79. The van der Waals surface area contributed by atoms with E-state index in [-0.39, 0.29) is 17.9 Å². The molecular weight excluding hydrogens is 217 g/mol. The van der Waals surface area contributed by atoms with Crippen LogP contribution in [0.1, 0.15) is 24.5 Å². The summed E-state index contributed by atoms with van der Waals surface area (Å²) in [5.74, 6) is 0. The normalized spacial score (nSPS) is 11.7. The molecule has 0 aliphatic carbocycles. The highest BCUT2D eigenvalue weighted by molar-refractivity contribution is 6.21. The zero-order chi connectivity index (χ0) is 9.84. The van der Waals surface area contributed by atoms with E-state index in [1.807, 2.05) is 6.07 Å². The minimum absolute atomic E-state index is 0. The standard InChI is InChI=1S/C11H16ClN.ClH/c1-4-11(12)13-10-7-5-6-8(2)9(10)3;/h5-7,11,13H,4H2,1-3H3;1H. The molecule has 1 N–H and O–H groups in total. The third-order valence-electron chi connectivity index (χ3n) is 2.28. The first-order chi connectivity index (χ1) is 6.15. The second kappa shape index (κ2) is 6.15. The van der Waals surface area contributed by atoms with Crippen LogP contribution in [-0.2, 0) is 0 Å². The molecule has 1 aromatic rings. The Morgan fingerprint density at radius 2 is 2.00 bits per heavy atom. The summed E-state index contributed by atoms with van der Waals surface area (Å²) in [6.07, 6.45) is 0.926. The van der Waals surface area contributed by atoms with Crippen LogP contribution in [0.5, 0.6) is 0 Å². The molecule has 0 aliphatic rings. The first kappa shape index (κ1) is 13.6. The van der Waals surface area contributed by atoms with E-state index in [1.54, 1.807) is 0 Å². The lowest BCUT2D eigenvalue weighted by Gasteiger charge is -2.14. The molecular formula is C11H17Cl2N. The summed E-state index contributed by atoms with van der Waals surface area (Å²) in [5.41, 5.74) is 3.74. The zero-order valence-corrected chi connectivity index (χ0v) is 10.4. The van der Waals surface area contributed by atoms with Crippen LogP contribution in [0.2, 0.25) is 0 Å². The Bertz CT molecular complexity index is 287. The number of alkyl halides is 1. The number of aryl methyl sites for hydroxylation is 1. The monoisotopic (exact) mass is 233 g/mol. The summed E-state index contributed by atoms with van der Waals surface area (Å²) < 4.78 is 0. The van der Waals surface area contributed by atoms with Gasteiger partial charge in [-0.1, -0.05) is 30.7 Å². The van der Waals surface area contributed by atoms with Crippen molar-refractivity contribution in [1.29, 1.82) is 0 Å². The lowest BCUT2D eigenvalue weighted by molar-refractivity contribution is 0.906. The van der Waals surface area contributed by atoms with Crippen LogP contribution in [0.25, 0.3) is 0 Å². The molecule has 0 amide bonds. The van der Waals surface area contributed by atoms with Crippen LogP contribution in [0.3, 0.4) is 0 Å². The maximum absolute atomic E-state index is 6.01. The molecule has 1 nitrogen and oxygen atoms in total. The minimum atomic E-state index is 0. The van der Waals surface area contributed by atoms with Gasteiger partial charge in [-0.25, -0.2) is 0 Å². The number of halogens is 2. The fraction of sp³-hybridized carbons (Fsp3) is 0.455. The molecule has 0 heterocycles. The van der Waals surface area contributed by atoms with E-state index in [0.29, 0.717) is 0 Å². The van der Waals surface area contributed by atoms with Crippen molar-refractivity contribution in [2.24, 2.45) is 0 Å². The minimum Gasteiger partial charge on any atom is -0.369 e. The summed E-state index contributed by atoms with van der Waals surface area (Å²) in [4.78, 5) is 0. The van der Waals surface area contributed by atoms with Gasteiger partial charge in [0.25, 0.3) is 0 Å². The van der Waals surface area contributed by atoms with E-state index < -0.39 is 0 Å². The SMILES string of the molecule is CCC(Cl)Nc1cccc(C)c1C.Cl. The van der Waals surface area contributed by atoms with Crippen molar-refractivity contribution in [3.8, 4) is 0 Å². The average molecular weight is 234 g/mol. The van der Waals surface area contributed by atoms with Crippen LogP contribution in [-0.4, -0.2) is 5.50 Å². The molecule has 1 aromatic carbocycles. The molecule has 0 aromatic heterocycles. The third-order valence-corrected chi connectivity index (χ3v) is 2.69. The Morgan fingerprint density at radius 1 is 1.36 bits per heavy atom. The second-order valence-electron chi connectivity index (χ2n) is 3.27. The highest BCUT2D eigenvalue weighted by Gasteiger charge is 2.04. The molecule has 0 fully saturated rings. The van der Waals surface area contributed by atoms with Gasteiger partial charge in [0, 0.05) is 5.69 Å². The number of hydrogen-bond acceptors (Lipinski definition) is 1. The zero-order valence-electron chi connectivity index (χ0n) is 8.80. The number of rotatable bonds is 3. The Balaban J connectivity index is 0.00000169. The van der Waals surface area contributed by atoms with Crippen LogP contribution < -0.4 is 5.32 Å². The molecule has 0 bridgehead atoms. The molecule has 0 saturated carbocycles. The molecule has 0 saturated heterocycles. The quantitative estimate of drug-likeness (QED) is 0.613. The van der Waals surface area contributed by atoms with Crippen molar-refractivity contribution in [3.05, 3.63) is 29.3 Å². The lowest BCUT2D eigenvalue weighted by atomic mass is 10.1. The number of benzene rings is 1. The van der Waals surface area contributed by atoms with Gasteiger partial charge in [0.2, 0.25) is 0 Å². The fourth-order valence-electron chi connectivity index (χ4n) is 1.18. The number of hydrogen-bond donors (Lipinski definition) is 1. The van der Waals surface area contributed by atoms with Crippen molar-refractivity contribution in [3.63, 3.8) is 0 Å². The predicted octanol–water partition coefficient (Wildman–Crippen LogP) is 4.11. The first-order valence-corrected chi connectivity index (χ1v) is 5.05. The van der Waals surface area contributed by atoms with Gasteiger partial charge < -0.3 is 5.32 Å². The fourth-order valence-corrected chi connectivity index (χ4v) is 1.30. The van der Waals surface area contributed by atoms with E-state index in [9.17, 15) is 0 Å². The van der Waals surface area contributed by atoms with Crippen molar-refractivity contribution >= 4 is 29.7 Å². The summed E-state index contributed by atoms with van der Waals surface area (Å²) in [5, 5.41) is 3.27. The molecule has 1 atom stereocenters. The van der Waals surface area contributed by atoms with Gasteiger partial charge >= 0.3 is 0 Å². The van der Waals surface area contributed by atoms with Gasteiger partial charge in [0.15, 0.2) is 0 Å². The molecule has 80 valence electrons. The highest BCUT2D eigenvalue weighted by atomic mass is 35.5. The van der Waals surface area contributed by atoms with Crippen molar-refractivity contribution in [2.75, 3.05) is 5.32 Å². The van der Waals surface area contributed by atoms with Gasteiger partial charge in [0.05, 0.1) is 0 Å². The van der Waals surface area contributed by atoms with Crippen LogP contribution in [0.4, 0.5) is 5.69 Å². The van der Waals surface area contributed by atoms with E-state index in [2.05, 4.69) is 38.2 Å². The summed E-state index contributed by atoms with van der Waals surface area (Å²) in [7, 11) is 0. The number of anilines is 1. The highest BCUT2D eigenvalue weighted by Crippen LogP contribution is 2.20. The molecule has 0 radical (unpaired) electrons. The maximum atomic E-state index is 6.01. The maximum Gasteiger partial charge on any atom is 0.101 e. The smallest absolute Gasteiger partial charge is 0.101 e. The van der Waals surface area contributed by atoms with E-state index in [0.717, 1.165) is 12.1 Å². The van der Waals surface area contributed by atoms with E-state index >= 15 is 0 Å². The van der Waals surface area contributed by atoms with Crippen molar-refractivity contribution in [2.45, 2.75) is 32.7 Å². The lowest BCUT2D eigenvalue weighted by Crippen LogP contribution is -2.11. The molecule has 0 aliphatic heterocycles. The van der Waals surface area contributed by atoms with E-state index in [1.165, 1.54) is 11.1 Å². The molecule has 3 heteroatoms. The molecule has 14 heavy (non-hydrogen) atoms. The third kappa shape index (κ3) is 3.39. The first-order valence-electron chi connectivity index (χ1n) is 4.62. The van der Waals surface area contributed by atoms with Crippen LogP contribution in [0.15, 0.2) is 18.2 Å². The van der Waals surface area contributed by atoms with Gasteiger partial charge in [-0.05, 0) is 37.5 Å². The Hall–Kier alpha value is -0.400. The Kier molecular flexibility index (Phi) is 5.98. The predicted molar refractivity (Wildman–Crippen MR) is 66.7 cm³/mol.